The van der Waals surface area contributed by atoms with E-state index in [-0.39, 0.29) is 21.1 Å². The number of aryl methyl sites for hydroxylation is 1. The van der Waals surface area contributed by atoms with Gasteiger partial charge in [-0.15, -0.1) is 28.1 Å². The number of benzene rings is 1. The molecule has 1 aliphatic rings. The Labute approximate surface area is 95.5 Å². The molecule has 1 heterocycles. The van der Waals surface area contributed by atoms with E-state index in [0.29, 0.717) is 14.9 Å². The van der Waals surface area contributed by atoms with Crippen molar-refractivity contribution < 1.29 is 21.1 Å². The maximum absolute atomic E-state index is 4.34. The largest absolute Gasteiger partial charge is 0.325 e. The molecule has 2 nitrogen and oxygen atoms in total. The van der Waals surface area contributed by atoms with Gasteiger partial charge in [0.25, 0.3) is 0 Å². The molecular weight excluding hydrogens is 370 g/mol. The van der Waals surface area contributed by atoms with Gasteiger partial charge >= 0.3 is 0 Å². The number of hydrogen-bond donors (Lipinski definition) is 0. The van der Waals surface area contributed by atoms with E-state index in [1.165, 1.54) is 5.30 Å². The average Bonchev–Trinajstić information content (AvgIpc) is 2.54. The minimum atomic E-state index is 0. The summed E-state index contributed by atoms with van der Waals surface area (Å²) < 4.78 is 0. The van der Waals surface area contributed by atoms with Crippen molar-refractivity contribution in [3.8, 4) is 0 Å². The van der Waals surface area contributed by atoms with Crippen LogP contribution in [0.15, 0.2) is 16.1 Å². The quantitative estimate of drug-likeness (QED) is 0.489. The zero-order chi connectivity index (χ0) is 8.55. The van der Waals surface area contributed by atoms with Gasteiger partial charge in [-0.05, 0) is 10.7 Å². The zero-order valence-electron chi connectivity index (χ0n) is 7.16. The summed E-state index contributed by atoms with van der Waals surface area (Å²) in [5, 5.41) is 3.38. The smallest absolute Gasteiger partial charge is 0.115 e. The van der Waals surface area contributed by atoms with Crippen LogP contribution < -0.4 is 16.0 Å². The second kappa shape index (κ2) is 4.74. The summed E-state index contributed by atoms with van der Waals surface area (Å²) in [5.74, 6) is 0. The van der Waals surface area contributed by atoms with Gasteiger partial charge in [-0.2, -0.15) is 12.1 Å². The SMILES string of the molecule is Cc1[c-]cc(PP)c2c1=NCN=2.[W]. The molecule has 0 radical (unpaired) electrons. The number of nitrogens with zero attached hydrogens (tertiary/aromatic N) is 2. The Morgan fingerprint density at radius 1 is 1.46 bits per heavy atom. The van der Waals surface area contributed by atoms with E-state index in [0.717, 1.165) is 16.3 Å². The van der Waals surface area contributed by atoms with Crippen LogP contribution in [0, 0.1) is 13.0 Å². The fourth-order valence-electron chi connectivity index (χ4n) is 1.26. The first-order valence-corrected chi connectivity index (χ1v) is 6.51. The molecule has 0 saturated heterocycles. The molecule has 0 aromatic heterocycles. The molecule has 0 N–H and O–H groups in total. The monoisotopic (exact) mass is 379 g/mol. The molecule has 0 aliphatic carbocycles. The number of rotatable bonds is 1. The topological polar surface area (TPSA) is 24.7 Å². The second-order valence-corrected chi connectivity index (χ2v) is 4.32. The van der Waals surface area contributed by atoms with Crippen LogP contribution in [-0.2, 0) is 21.1 Å². The van der Waals surface area contributed by atoms with Crippen LogP contribution in [0.2, 0.25) is 0 Å². The van der Waals surface area contributed by atoms with E-state index in [9.17, 15) is 0 Å². The van der Waals surface area contributed by atoms with E-state index in [2.05, 4.69) is 25.0 Å². The maximum Gasteiger partial charge on any atom is 0.115 e. The normalized spacial score (nSPS) is 13.4. The van der Waals surface area contributed by atoms with Gasteiger partial charge in [0.1, 0.15) is 6.67 Å². The van der Waals surface area contributed by atoms with Gasteiger partial charge in [-0.25, -0.2) is 0 Å². The van der Waals surface area contributed by atoms with Crippen molar-refractivity contribution in [1.82, 2.24) is 0 Å². The Hall–Kier alpha value is 0.368. The van der Waals surface area contributed by atoms with E-state index in [1.807, 2.05) is 13.0 Å². The summed E-state index contributed by atoms with van der Waals surface area (Å²) in [7, 11) is 3.43. The minimum Gasteiger partial charge on any atom is -0.325 e. The molecule has 0 spiro atoms. The average molecular weight is 379 g/mol. The predicted molar refractivity (Wildman–Crippen MR) is 54.9 cm³/mol. The third-order valence-corrected chi connectivity index (χ3v) is 3.51. The van der Waals surface area contributed by atoms with Crippen LogP contribution >= 0.6 is 17.2 Å². The molecule has 68 valence electrons. The van der Waals surface area contributed by atoms with E-state index in [4.69, 9.17) is 0 Å². The van der Waals surface area contributed by atoms with Crippen molar-refractivity contribution in [3.05, 3.63) is 28.4 Å². The summed E-state index contributed by atoms with van der Waals surface area (Å²) in [6.07, 6.45) is 0. The van der Waals surface area contributed by atoms with Gasteiger partial charge in [0.2, 0.25) is 0 Å². The summed E-state index contributed by atoms with van der Waals surface area (Å²) in [6, 6.07) is 5.21. The predicted octanol–water partition coefficient (Wildman–Crippen LogP) is 0.0969. The summed E-state index contributed by atoms with van der Waals surface area (Å²) in [6.45, 7) is 2.62. The molecule has 1 aliphatic heterocycles. The number of hydrogen-bond acceptors (Lipinski definition) is 2. The Morgan fingerprint density at radius 2 is 2.15 bits per heavy atom. The van der Waals surface area contributed by atoms with Crippen LogP contribution in [0.1, 0.15) is 5.56 Å². The van der Waals surface area contributed by atoms with Gasteiger partial charge in [-0.1, -0.05) is 6.92 Å². The van der Waals surface area contributed by atoms with Crippen LogP contribution in [0.3, 0.4) is 0 Å². The molecular formula is C8H9N2P2W-. The summed E-state index contributed by atoms with van der Waals surface area (Å²) in [5.41, 5.74) is 1.11. The zero-order valence-corrected chi connectivity index (χ0v) is 12.3. The molecule has 2 rings (SSSR count). The molecule has 2 unspecified atom stereocenters. The Morgan fingerprint density at radius 3 is 2.85 bits per heavy atom. The van der Waals surface area contributed by atoms with Gasteiger partial charge in [0.05, 0.1) is 0 Å². The molecule has 0 saturated carbocycles. The standard InChI is InChI=1S/C8H9N2P2.W/c1-5-2-3-6(12-11)8-7(5)9-4-10-8;/h3,12H,4,11H2,1H3;/q-1;. The first-order valence-electron chi connectivity index (χ1n) is 3.70. The Bertz CT molecular complexity index is 431. The van der Waals surface area contributed by atoms with Crippen LogP contribution in [0.5, 0.6) is 0 Å². The van der Waals surface area contributed by atoms with Crippen molar-refractivity contribution in [2.45, 2.75) is 6.92 Å². The van der Waals surface area contributed by atoms with Gasteiger partial charge in [0, 0.05) is 21.1 Å². The molecule has 0 amide bonds. The molecule has 0 fully saturated rings. The fraction of sp³-hybridized carbons (Fsp3) is 0.250. The molecule has 5 heteroatoms. The Kier molecular flexibility index (Phi) is 4.17. The second-order valence-electron chi connectivity index (χ2n) is 2.63. The van der Waals surface area contributed by atoms with E-state index >= 15 is 0 Å². The van der Waals surface area contributed by atoms with Crippen molar-refractivity contribution in [1.29, 1.82) is 0 Å². The van der Waals surface area contributed by atoms with E-state index in [1.54, 1.807) is 0 Å². The molecule has 1 aromatic carbocycles. The molecule has 2 atom stereocenters. The van der Waals surface area contributed by atoms with Crippen molar-refractivity contribution in [2.75, 3.05) is 6.67 Å². The first kappa shape index (κ1) is 11.4. The fourth-order valence-corrected chi connectivity index (χ4v) is 2.41. The van der Waals surface area contributed by atoms with Gasteiger partial charge in [0.15, 0.2) is 0 Å². The van der Waals surface area contributed by atoms with Crippen LogP contribution in [-0.4, -0.2) is 6.67 Å². The summed E-state index contributed by atoms with van der Waals surface area (Å²) in [4.78, 5) is 8.64. The van der Waals surface area contributed by atoms with Gasteiger partial charge < -0.3 is 4.99 Å². The first-order chi connectivity index (χ1) is 5.83. The van der Waals surface area contributed by atoms with Crippen LogP contribution in [0.4, 0.5) is 0 Å². The molecule has 1 aromatic rings. The maximum atomic E-state index is 4.34. The van der Waals surface area contributed by atoms with Crippen LogP contribution in [0.25, 0.3) is 0 Å². The minimum absolute atomic E-state index is 0. The molecule has 13 heavy (non-hydrogen) atoms. The third-order valence-electron chi connectivity index (χ3n) is 1.88. The van der Waals surface area contributed by atoms with Crippen molar-refractivity contribution >= 4 is 22.5 Å². The summed E-state index contributed by atoms with van der Waals surface area (Å²) >= 11 is 0. The van der Waals surface area contributed by atoms with Crippen molar-refractivity contribution in [2.24, 2.45) is 9.98 Å². The Balaban J connectivity index is 0.000000845. The van der Waals surface area contributed by atoms with Gasteiger partial charge in [-0.3, -0.25) is 4.99 Å². The number of fused-ring (bicyclic) bond motifs is 1. The van der Waals surface area contributed by atoms with Crippen molar-refractivity contribution in [3.63, 3.8) is 0 Å². The molecule has 0 bridgehead atoms. The third kappa shape index (κ3) is 2.07. The van der Waals surface area contributed by atoms with E-state index < -0.39 is 0 Å².